The number of benzene rings is 1. The van der Waals surface area contributed by atoms with Crippen LogP contribution in [0.5, 0.6) is 0 Å². The van der Waals surface area contributed by atoms with Crippen molar-refractivity contribution in [3.05, 3.63) is 33.9 Å². The lowest BCUT2D eigenvalue weighted by Crippen LogP contribution is -2.34. The number of para-hydroxylation sites is 1. The Hall–Kier alpha value is -2.68. The fourth-order valence-corrected chi connectivity index (χ4v) is 1.55. The topological polar surface area (TPSA) is 139 Å². The van der Waals surface area contributed by atoms with Gasteiger partial charge in [0, 0.05) is 20.0 Å². The Bertz CT molecular complexity index is 532. The molecule has 20 heavy (non-hydrogen) atoms. The van der Waals surface area contributed by atoms with Gasteiger partial charge in [-0.05, 0) is 12.1 Å². The molecule has 0 heterocycles. The van der Waals surface area contributed by atoms with Gasteiger partial charge in [0.1, 0.15) is 11.3 Å². The summed E-state index contributed by atoms with van der Waals surface area (Å²) in [6.45, 7) is 1.75. The van der Waals surface area contributed by atoms with Crippen LogP contribution in [0.2, 0.25) is 0 Å². The molecule has 1 aromatic carbocycles. The summed E-state index contributed by atoms with van der Waals surface area (Å²) in [7, 11) is 0. The van der Waals surface area contributed by atoms with Crippen molar-refractivity contribution in [2.24, 2.45) is 5.84 Å². The van der Waals surface area contributed by atoms with Crippen LogP contribution in [0.3, 0.4) is 0 Å². The van der Waals surface area contributed by atoms with Crippen LogP contribution in [0.25, 0.3) is 0 Å². The SMILES string of the molecule is CC(=O)NCCNC(=O)c1cccc(NN)c1[N+](=O)[O-]. The molecule has 0 fully saturated rings. The molecule has 1 rings (SSSR count). The van der Waals surface area contributed by atoms with Crippen molar-refractivity contribution in [1.82, 2.24) is 10.6 Å². The number of hydrogen-bond donors (Lipinski definition) is 4. The summed E-state index contributed by atoms with van der Waals surface area (Å²) in [5.41, 5.74) is 1.72. The quantitative estimate of drug-likeness (QED) is 0.245. The van der Waals surface area contributed by atoms with Crippen molar-refractivity contribution in [3.63, 3.8) is 0 Å². The smallest absolute Gasteiger partial charge is 0.306 e. The predicted octanol–water partition coefficient (Wildman–Crippen LogP) is -0.254. The zero-order valence-electron chi connectivity index (χ0n) is 10.8. The molecular weight excluding hydrogens is 266 g/mol. The Morgan fingerprint density at radius 2 is 1.95 bits per heavy atom. The van der Waals surface area contributed by atoms with Crippen LogP contribution in [0, 0.1) is 10.1 Å². The Labute approximate surface area is 114 Å². The number of anilines is 1. The molecular formula is C11H15N5O4. The zero-order chi connectivity index (χ0) is 15.1. The second-order valence-corrected chi connectivity index (χ2v) is 3.84. The number of carbonyl (C=O) groups excluding carboxylic acids is 2. The molecule has 108 valence electrons. The minimum Gasteiger partial charge on any atom is -0.355 e. The van der Waals surface area contributed by atoms with E-state index in [-0.39, 0.29) is 30.2 Å². The van der Waals surface area contributed by atoms with E-state index in [2.05, 4.69) is 16.1 Å². The summed E-state index contributed by atoms with van der Waals surface area (Å²) >= 11 is 0. The fourth-order valence-electron chi connectivity index (χ4n) is 1.55. The van der Waals surface area contributed by atoms with Gasteiger partial charge in [0.25, 0.3) is 5.91 Å². The molecule has 0 aliphatic heterocycles. The van der Waals surface area contributed by atoms with E-state index < -0.39 is 16.5 Å². The minimum atomic E-state index is -0.683. The first-order valence-electron chi connectivity index (χ1n) is 5.74. The van der Waals surface area contributed by atoms with Gasteiger partial charge < -0.3 is 16.1 Å². The molecule has 0 atom stereocenters. The van der Waals surface area contributed by atoms with Gasteiger partial charge in [0.15, 0.2) is 0 Å². The number of nitrogens with zero attached hydrogens (tertiary/aromatic N) is 1. The van der Waals surface area contributed by atoms with E-state index in [0.29, 0.717) is 0 Å². The van der Waals surface area contributed by atoms with Crippen LogP contribution < -0.4 is 21.9 Å². The van der Waals surface area contributed by atoms with Crippen LogP contribution in [0.15, 0.2) is 18.2 Å². The molecule has 0 bridgehead atoms. The first kappa shape index (κ1) is 15.4. The highest BCUT2D eigenvalue weighted by Crippen LogP contribution is 2.27. The summed E-state index contributed by atoms with van der Waals surface area (Å²) in [6, 6.07) is 4.20. The summed E-state index contributed by atoms with van der Waals surface area (Å²) in [6.07, 6.45) is 0. The van der Waals surface area contributed by atoms with Crippen molar-refractivity contribution in [3.8, 4) is 0 Å². The lowest BCUT2D eigenvalue weighted by atomic mass is 10.1. The molecule has 0 aliphatic rings. The summed E-state index contributed by atoms with van der Waals surface area (Å²) < 4.78 is 0. The monoisotopic (exact) mass is 281 g/mol. The maximum atomic E-state index is 11.9. The Balaban J connectivity index is 2.82. The third kappa shape index (κ3) is 3.92. The number of nitro groups is 1. The summed E-state index contributed by atoms with van der Waals surface area (Å²) in [5, 5.41) is 16.0. The number of hydrogen-bond acceptors (Lipinski definition) is 6. The predicted molar refractivity (Wildman–Crippen MR) is 71.9 cm³/mol. The fraction of sp³-hybridized carbons (Fsp3) is 0.273. The molecule has 9 heteroatoms. The van der Waals surface area contributed by atoms with E-state index >= 15 is 0 Å². The van der Waals surface area contributed by atoms with Crippen molar-refractivity contribution in [2.75, 3.05) is 18.5 Å². The zero-order valence-corrected chi connectivity index (χ0v) is 10.8. The highest BCUT2D eigenvalue weighted by atomic mass is 16.6. The minimum absolute atomic E-state index is 0.0458. The van der Waals surface area contributed by atoms with Crippen LogP contribution in [0.1, 0.15) is 17.3 Å². The average Bonchev–Trinajstić information content (AvgIpc) is 2.41. The van der Waals surface area contributed by atoms with Crippen LogP contribution in [-0.2, 0) is 4.79 Å². The number of amides is 2. The van der Waals surface area contributed by atoms with Gasteiger partial charge in [-0.15, -0.1) is 0 Å². The van der Waals surface area contributed by atoms with E-state index in [1.54, 1.807) is 0 Å². The molecule has 0 radical (unpaired) electrons. The van der Waals surface area contributed by atoms with E-state index in [1.807, 2.05) is 0 Å². The van der Waals surface area contributed by atoms with E-state index in [0.717, 1.165) is 0 Å². The van der Waals surface area contributed by atoms with Crippen molar-refractivity contribution in [1.29, 1.82) is 0 Å². The molecule has 0 saturated heterocycles. The Morgan fingerprint density at radius 3 is 2.50 bits per heavy atom. The van der Waals surface area contributed by atoms with Gasteiger partial charge in [-0.1, -0.05) is 6.07 Å². The molecule has 0 unspecified atom stereocenters. The average molecular weight is 281 g/mol. The number of hydrazine groups is 1. The molecule has 1 aromatic rings. The number of rotatable bonds is 6. The van der Waals surface area contributed by atoms with Gasteiger partial charge in [-0.2, -0.15) is 0 Å². The molecule has 0 aromatic heterocycles. The first-order chi connectivity index (χ1) is 9.47. The van der Waals surface area contributed by atoms with E-state index in [4.69, 9.17) is 5.84 Å². The molecule has 2 amide bonds. The standard InChI is InChI=1S/C11H15N5O4/c1-7(17)13-5-6-14-11(18)8-3-2-4-9(15-12)10(8)16(19)20/h2-4,15H,5-6,12H2,1H3,(H,13,17)(H,14,18). The number of nitrogen functional groups attached to an aromatic ring is 1. The lowest BCUT2D eigenvalue weighted by molar-refractivity contribution is -0.384. The maximum absolute atomic E-state index is 11.9. The van der Waals surface area contributed by atoms with Gasteiger partial charge in [0.2, 0.25) is 5.91 Å². The van der Waals surface area contributed by atoms with Crippen molar-refractivity contribution >= 4 is 23.2 Å². The highest BCUT2D eigenvalue weighted by Gasteiger charge is 2.23. The van der Waals surface area contributed by atoms with Crippen molar-refractivity contribution in [2.45, 2.75) is 6.92 Å². The normalized spacial score (nSPS) is 9.70. The van der Waals surface area contributed by atoms with Gasteiger partial charge in [-0.3, -0.25) is 25.5 Å². The van der Waals surface area contributed by atoms with Crippen LogP contribution in [0.4, 0.5) is 11.4 Å². The number of nitrogens with two attached hydrogens (primary N) is 1. The largest absolute Gasteiger partial charge is 0.355 e. The second-order valence-electron chi connectivity index (χ2n) is 3.84. The van der Waals surface area contributed by atoms with E-state index in [9.17, 15) is 19.7 Å². The Morgan fingerprint density at radius 1 is 1.30 bits per heavy atom. The molecule has 0 aliphatic carbocycles. The third-order valence-corrected chi connectivity index (χ3v) is 2.40. The molecule has 5 N–H and O–H groups in total. The highest BCUT2D eigenvalue weighted by molar-refractivity contribution is 6.00. The van der Waals surface area contributed by atoms with E-state index in [1.165, 1.54) is 25.1 Å². The molecule has 9 nitrogen and oxygen atoms in total. The summed E-state index contributed by atoms with van der Waals surface area (Å²) in [5.74, 6) is 4.34. The van der Waals surface area contributed by atoms with Crippen molar-refractivity contribution < 1.29 is 14.5 Å². The molecule has 0 saturated carbocycles. The van der Waals surface area contributed by atoms with Crippen LogP contribution >= 0.6 is 0 Å². The maximum Gasteiger partial charge on any atom is 0.306 e. The molecule has 0 spiro atoms. The lowest BCUT2D eigenvalue weighted by Gasteiger charge is -2.08. The number of carbonyl (C=O) groups is 2. The summed E-state index contributed by atoms with van der Waals surface area (Å²) in [4.78, 5) is 32.9. The van der Waals surface area contributed by atoms with Crippen LogP contribution in [-0.4, -0.2) is 29.8 Å². The number of nitrogens with one attached hydrogen (secondary N) is 3. The number of nitro benzene ring substituents is 1. The van der Waals surface area contributed by atoms with Gasteiger partial charge in [0.05, 0.1) is 4.92 Å². The van der Waals surface area contributed by atoms with Gasteiger partial charge in [-0.25, -0.2) is 0 Å². The third-order valence-electron chi connectivity index (χ3n) is 2.40. The Kier molecular flexibility index (Phi) is 5.42. The van der Waals surface area contributed by atoms with Gasteiger partial charge >= 0.3 is 5.69 Å². The second kappa shape index (κ2) is 7.04. The first-order valence-corrected chi connectivity index (χ1v) is 5.74.